The van der Waals surface area contributed by atoms with E-state index in [4.69, 9.17) is 4.74 Å². The van der Waals surface area contributed by atoms with Crippen LogP contribution in [0, 0.1) is 5.92 Å². The highest BCUT2D eigenvalue weighted by Gasteiger charge is 2.25. The van der Waals surface area contributed by atoms with Crippen LogP contribution in [0.5, 0.6) is 0 Å². The predicted molar refractivity (Wildman–Crippen MR) is 118 cm³/mol. The molecule has 1 fully saturated rings. The van der Waals surface area contributed by atoms with Gasteiger partial charge < -0.3 is 10.1 Å². The molecule has 1 aliphatic carbocycles. The molecule has 2 rings (SSSR count). The van der Waals surface area contributed by atoms with Gasteiger partial charge in [-0.15, -0.1) is 0 Å². The summed E-state index contributed by atoms with van der Waals surface area (Å²) in [4.78, 5) is 15.0. The van der Waals surface area contributed by atoms with Gasteiger partial charge in [0.2, 0.25) is 0 Å². The second kappa shape index (κ2) is 12.0. The van der Waals surface area contributed by atoms with Crippen molar-refractivity contribution in [3.05, 3.63) is 47.5 Å². The fourth-order valence-electron chi connectivity index (χ4n) is 3.73. The topological polar surface area (TPSA) is 41.6 Å². The van der Waals surface area contributed by atoms with E-state index in [1.54, 1.807) is 0 Å². The van der Waals surface area contributed by atoms with E-state index < -0.39 is 0 Å². The summed E-state index contributed by atoms with van der Waals surface area (Å²) < 4.78 is 5.76. The third kappa shape index (κ3) is 8.15. The molecule has 1 N–H and O–H groups in total. The Hall–Kier alpha value is -1.65. The van der Waals surface area contributed by atoms with Crippen molar-refractivity contribution >= 4 is 5.97 Å². The van der Waals surface area contributed by atoms with Gasteiger partial charge in [0.1, 0.15) is 12.1 Å². The molecule has 0 spiro atoms. The Bertz CT molecular complexity index is 627. The van der Waals surface area contributed by atoms with E-state index in [0.717, 1.165) is 32.4 Å². The number of carbonyl (C=O) groups excluding carboxylic acids is 1. The first-order valence-electron chi connectivity index (χ1n) is 10.8. The molecule has 0 amide bonds. The van der Waals surface area contributed by atoms with E-state index in [2.05, 4.69) is 67.5 Å². The van der Waals surface area contributed by atoms with Gasteiger partial charge in [-0.1, -0.05) is 50.3 Å². The molecule has 1 aromatic rings. The molecule has 4 nitrogen and oxygen atoms in total. The molecular formula is C24H40N2O2. The second-order valence-electron chi connectivity index (χ2n) is 8.49. The molecule has 158 valence electrons. The maximum Gasteiger partial charge on any atom is 0.323 e. The molecular weight excluding hydrogens is 348 g/mol. The zero-order valence-corrected chi connectivity index (χ0v) is 18.1. The minimum atomic E-state index is -0.235. The SMILES string of the molecule is C/C=C/CN(C)Cc1cccc(CN[C@@H](CC(C)C)C(=O)OC2CCCC2)c1.[HH]. The van der Waals surface area contributed by atoms with Crippen molar-refractivity contribution in [3.63, 3.8) is 0 Å². The highest BCUT2D eigenvalue weighted by Crippen LogP contribution is 2.22. The van der Waals surface area contributed by atoms with Crippen molar-refractivity contribution in [1.29, 1.82) is 0 Å². The van der Waals surface area contributed by atoms with Crippen LogP contribution in [-0.2, 0) is 22.6 Å². The number of hydrogen-bond acceptors (Lipinski definition) is 4. The van der Waals surface area contributed by atoms with Gasteiger partial charge >= 0.3 is 5.97 Å². The average molecular weight is 389 g/mol. The normalized spacial score (nSPS) is 16.4. The Labute approximate surface area is 172 Å². The molecule has 0 saturated heterocycles. The van der Waals surface area contributed by atoms with Crippen molar-refractivity contribution in [3.8, 4) is 0 Å². The highest BCUT2D eigenvalue weighted by molar-refractivity contribution is 5.76. The molecule has 1 aliphatic rings. The summed E-state index contributed by atoms with van der Waals surface area (Å²) in [6.07, 6.45) is 9.56. The molecule has 1 aromatic carbocycles. The number of rotatable bonds is 11. The summed E-state index contributed by atoms with van der Waals surface area (Å²) in [5, 5.41) is 3.46. The molecule has 0 heterocycles. The minimum Gasteiger partial charge on any atom is -0.461 e. The van der Waals surface area contributed by atoms with Crippen molar-refractivity contribution in [2.45, 2.75) is 78.1 Å². The number of allylic oxidation sites excluding steroid dienone is 1. The van der Waals surface area contributed by atoms with Crippen molar-refractivity contribution in [2.75, 3.05) is 13.6 Å². The minimum absolute atomic E-state index is 0. The molecule has 0 radical (unpaired) electrons. The van der Waals surface area contributed by atoms with Crippen LogP contribution in [0.25, 0.3) is 0 Å². The number of hydrogen-bond donors (Lipinski definition) is 1. The van der Waals surface area contributed by atoms with E-state index in [-0.39, 0.29) is 19.5 Å². The van der Waals surface area contributed by atoms with Gasteiger partial charge in [0.15, 0.2) is 0 Å². The monoisotopic (exact) mass is 388 g/mol. The van der Waals surface area contributed by atoms with Crippen LogP contribution in [-0.4, -0.2) is 36.6 Å². The molecule has 0 bridgehead atoms. The average Bonchev–Trinajstić information content (AvgIpc) is 3.16. The third-order valence-corrected chi connectivity index (χ3v) is 5.23. The van der Waals surface area contributed by atoms with Crippen LogP contribution in [0.4, 0.5) is 0 Å². The van der Waals surface area contributed by atoms with Gasteiger partial charge in [-0.05, 0) is 63.1 Å². The van der Waals surface area contributed by atoms with Crippen LogP contribution in [0.2, 0.25) is 0 Å². The Morgan fingerprint density at radius 1 is 1.32 bits per heavy atom. The zero-order valence-electron chi connectivity index (χ0n) is 18.1. The lowest BCUT2D eigenvalue weighted by Crippen LogP contribution is -2.40. The van der Waals surface area contributed by atoms with Gasteiger partial charge in [0.25, 0.3) is 0 Å². The largest absolute Gasteiger partial charge is 0.461 e. The van der Waals surface area contributed by atoms with Gasteiger partial charge in [-0.25, -0.2) is 0 Å². The first-order valence-corrected chi connectivity index (χ1v) is 10.8. The fraction of sp³-hybridized carbons (Fsp3) is 0.625. The Morgan fingerprint density at radius 2 is 2.04 bits per heavy atom. The first kappa shape index (κ1) is 22.6. The van der Waals surface area contributed by atoms with Gasteiger partial charge in [0.05, 0.1) is 0 Å². The molecule has 4 heteroatoms. The molecule has 0 unspecified atom stereocenters. The second-order valence-corrected chi connectivity index (χ2v) is 8.49. The number of nitrogens with one attached hydrogen (secondary N) is 1. The summed E-state index contributed by atoms with van der Waals surface area (Å²) in [6, 6.07) is 8.38. The summed E-state index contributed by atoms with van der Waals surface area (Å²) in [5.74, 6) is 0.364. The maximum absolute atomic E-state index is 12.7. The van der Waals surface area contributed by atoms with E-state index in [9.17, 15) is 4.79 Å². The third-order valence-electron chi connectivity index (χ3n) is 5.23. The number of benzene rings is 1. The number of carbonyl (C=O) groups is 1. The Balaban J connectivity index is 0.00000420. The summed E-state index contributed by atoms with van der Waals surface area (Å²) in [7, 11) is 2.13. The summed E-state index contributed by atoms with van der Waals surface area (Å²) >= 11 is 0. The lowest BCUT2D eigenvalue weighted by molar-refractivity contribution is -0.151. The highest BCUT2D eigenvalue weighted by atomic mass is 16.5. The van der Waals surface area contributed by atoms with Crippen molar-refractivity contribution in [1.82, 2.24) is 10.2 Å². The first-order chi connectivity index (χ1) is 13.5. The van der Waals surface area contributed by atoms with Crippen LogP contribution < -0.4 is 5.32 Å². The standard InChI is InChI=1S/C24H38N2O2.H2/c1-5-6-14-26(4)18-21-11-9-10-20(16-21)17-25-23(15-19(2)3)24(27)28-22-12-7-8-13-22;/h5-6,9-11,16,19,22-23,25H,7-8,12-15,17-18H2,1-4H3;1H/b6-5+;/t23-;/m0./s1. The van der Waals surface area contributed by atoms with Crippen molar-refractivity contribution < 1.29 is 11.0 Å². The number of likely N-dealkylation sites (N-methyl/N-ethyl adjacent to an activating group) is 1. The quantitative estimate of drug-likeness (QED) is 0.431. The summed E-state index contributed by atoms with van der Waals surface area (Å²) in [5.41, 5.74) is 2.50. The van der Waals surface area contributed by atoms with Gasteiger partial charge in [0, 0.05) is 21.1 Å². The molecule has 0 aromatic heterocycles. The smallest absolute Gasteiger partial charge is 0.323 e. The van der Waals surface area contributed by atoms with Crippen LogP contribution in [0.1, 0.15) is 65.4 Å². The fourth-order valence-corrected chi connectivity index (χ4v) is 3.73. The van der Waals surface area contributed by atoms with Crippen LogP contribution in [0.15, 0.2) is 36.4 Å². The van der Waals surface area contributed by atoms with Crippen molar-refractivity contribution in [2.24, 2.45) is 5.92 Å². The maximum atomic E-state index is 12.7. The zero-order chi connectivity index (χ0) is 20.4. The van der Waals surface area contributed by atoms with Gasteiger partial charge in [-0.2, -0.15) is 0 Å². The Morgan fingerprint density at radius 3 is 2.71 bits per heavy atom. The van der Waals surface area contributed by atoms with Gasteiger partial charge in [-0.3, -0.25) is 9.69 Å². The van der Waals surface area contributed by atoms with Crippen LogP contribution in [0.3, 0.4) is 0 Å². The molecule has 1 saturated carbocycles. The van der Waals surface area contributed by atoms with E-state index in [1.807, 2.05) is 6.92 Å². The summed E-state index contributed by atoms with van der Waals surface area (Å²) in [6.45, 7) is 8.90. The van der Waals surface area contributed by atoms with E-state index in [1.165, 1.54) is 24.0 Å². The van der Waals surface area contributed by atoms with E-state index >= 15 is 0 Å². The molecule has 1 atom stereocenters. The number of nitrogens with zero attached hydrogens (tertiary/aromatic N) is 1. The lowest BCUT2D eigenvalue weighted by atomic mass is 10.0. The lowest BCUT2D eigenvalue weighted by Gasteiger charge is -2.22. The Kier molecular flexibility index (Phi) is 9.72. The number of ether oxygens (including phenoxy) is 1. The molecule has 28 heavy (non-hydrogen) atoms. The molecule has 0 aliphatic heterocycles. The van der Waals surface area contributed by atoms with Crippen LogP contribution >= 0.6 is 0 Å². The van der Waals surface area contributed by atoms with E-state index in [0.29, 0.717) is 12.5 Å². The number of esters is 1. The predicted octanol–water partition coefficient (Wildman–Crippen LogP) is 4.93.